The molecule has 6 aliphatic rings. The van der Waals surface area contributed by atoms with E-state index in [1.165, 1.54) is 31.2 Å². The second-order valence-corrected chi connectivity index (χ2v) is 12.4. The number of hydrogen-bond donors (Lipinski definition) is 0. The van der Waals surface area contributed by atoms with Gasteiger partial charge >= 0.3 is 23.9 Å². The van der Waals surface area contributed by atoms with E-state index in [0.29, 0.717) is 25.9 Å². The molecule has 2 saturated carbocycles. The Kier molecular flexibility index (Phi) is 6.43. The quantitative estimate of drug-likeness (QED) is 0.264. The summed E-state index contributed by atoms with van der Waals surface area (Å²) in [5, 5.41) is 0. The van der Waals surface area contributed by atoms with Crippen molar-refractivity contribution < 1.29 is 52.3 Å². The molecule has 0 aromatic carbocycles. The molecule has 0 aromatic heterocycles. The van der Waals surface area contributed by atoms with Gasteiger partial charge in [-0.25, -0.2) is 14.4 Å². The molecular formula is C29H36O11. The zero-order chi connectivity index (χ0) is 28.5. The first-order chi connectivity index (χ1) is 19.0. The highest BCUT2D eigenvalue weighted by molar-refractivity contribution is 5.84. The Labute approximate surface area is 232 Å². The van der Waals surface area contributed by atoms with E-state index in [0.717, 1.165) is 0 Å². The minimum Gasteiger partial charge on any atom is -0.463 e. The predicted molar refractivity (Wildman–Crippen MR) is 134 cm³/mol. The average Bonchev–Trinajstić information content (AvgIpc) is 3.81. The van der Waals surface area contributed by atoms with Gasteiger partial charge < -0.3 is 33.2 Å². The molecule has 11 heteroatoms. The molecule has 218 valence electrons. The molecule has 11 nitrogen and oxygen atoms in total. The minimum atomic E-state index is -1.19. The molecule has 40 heavy (non-hydrogen) atoms. The Hall–Kier alpha value is -2.76. The maximum absolute atomic E-state index is 13.5. The van der Waals surface area contributed by atoms with E-state index in [1.807, 2.05) is 0 Å². The number of epoxide rings is 2. The van der Waals surface area contributed by atoms with Crippen LogP contribution in [0.1, 0.15) is 53.4 Å². The molecule has 0 aromatic rings. The fourth-order valence-electron chi connectivity index (χ4n) is 7.69. The fourth-order valence-corrected chi connectivity index (χ4v) is 7.69. The van der Waals surface area contributed by atoms with Gasteiger partial charge in [0.15, 0.2) is 0 Å². The van der Waals surface area contributed by atoms with Gasteiger partial charge in [-0.3, -0.25) is 4.79 Å². The van der Waals surface area contributed by atoms with Crippen LogP contribution in [0.4, 0.5) is 0 Å². The lowest BCUT2D eigenvalue weighted by Crippen LogP contribution is -2.69. The van der Waals surface area contributed by atoms with E-state index in [-0.39, 0.29) is 37.4 Å². The summed E-state index contributed by atoms with van der Waals surface area (Å²) >= 11 is 0. The second-order valence-electron chi connectivity index (χ2n) is 12.4. The number of allylic oxidation sites excluding steroid dienone is 2. The van der Waals surface area contributed by atoms with E-state index < -0.39 is 64.5 Å². The third-order valence-corrected chi connectivity index (χ3v) is 10.3. The molecule has 3 saturated heterocycles. The van der Waals surface area contributed by atoms with Gasteiger partial charge in [-0.1, -0.05) is 26.0 Å². The molecule has 10 unspecified atom stereocenters. The summed E-state index contributed by atoms with van der Waals surface area (Å²) in [6.07, 6.45) is 4.62. The summed E-state index contributed by atoms with van der Waals surface area (Å²) in [6, 6.07) is 0. The molecule has 0 N–H and O–H groups in total. The summed E-state index contributed by atoms with van der Waals surface area (Å²) in [6.45, 7) is 7.47. The van der Waals surface area contributed by atoms with Crippen LogP contribution in [0.5, 0.6) is 0 Å². The first-order valence-corrected chi connectivity index (χ1v) is 14.0. The van der Waals surface area contributed by atoms with Crippen LogP contribution in [0.15, 0.2) is 24.3 Å². The fraction of sp³-hybridized carbons (Fsp3) is 0.724. The van der Waals surface area contributed by atoms with Crippen LogP contribution in [-0.4, -0.2) is 85.4 Å². The SMILES string of the molecule is CC(=O)OC1C(=O)OCC23CCC4(C)OC4C2OC2CC(OC(=O)/C=C/C=CC(=O)OCCC1C)C3(C)C21CO1. The third-order valence-electron chi connectivity index (χ3n) is 10.3. The van der Waals surface area contributed by atoms with Crippen molar-refractivity contribution in [2.75, 3.05) is 19.8 Å². The number of esters is 4. The van der Waals surface area contributed by atoms with E-state index >= 15 is 0 Å². The second kappa shape index (κ2) is 9.39. The Balaban J connectivity index is 1.38. The molecule has 6 rings (SSSR count). The van der Waals surface area contributed by atoms with Crippen LogP contribution >= 0.6 is 0 Å². The van der Waals surface area contributed by atoms with E-state index in [4.69, 9.17) is 33.2 Å². The zero-order valence-electron chi connectivity index (χ0n) is 23.2. The van der Waals surface area contributed by atoms with Crippen LogP contribution in [0.3, 0.4) is 0 Å². The molecule has 4 heterocycles. The van der Waals surface area contributed by atoms with Gasteiger partial charge in [0.05, 0.1) is 36.4 Å². The van der Waals surface area contributed by atoms with Crippen molar-refractivity contribution in [3.05, 3.63) is 24.3 Å². The summed E-state index contributed by atoms with van der Waals surface area (Å²) in [5.41, 5.74) is -2.53. The molecule has 10 atom stereocenters. The van der Waals surface area contributed by atoms with Crippen molar-refractivity contribution in [2.45, 2.75) is 95.1 Å². The van der Waals surface area contributed by atoms with Crippen molar-refractivity contribution in [1.29, 1.82) is 0 Å². The molecule has 4 aliphatic heterocycles. The smallest absolute Gasteiger partial charge is 0.347 e. The van der Waals surface area contributed by atoms with Gasteiger partial charge in [0.2, 0.25) is 6.10 Å². The zero-order valence-corrected chi connectivity index (χ0v) is 23.2. The Bertz CT molecular complexity index is 1170. The van der Waals surface area contributed by atoms with Crippen molar-refractivity contribution in [3.8, 4) is 0 Å². The van der Waals surface area contributed by atoms with E-state index in [1.54, 1.807) is 6.92 Å². The van der Waals surface area contributed by atoms with Crippen LogP contribution in [-0.2, 0) is 52.3 Å². The molecule has 2 spiro atoms. The van der Waals surface area contributed by atoms with Crippen molar-refractivity contribution in [2.24, 2.45) is 16.7 Å². The Morgan fingerprint density at radius 3 is 2.40 bits per heavy atom. The van der Waals surface area contributed by atoms with Crippen LogP contribution < -0.4 is 0 Å². The van der Waals surface area contributed by atoms with Crippen molar-refractivity contribution >= 4 is 23.9 Å². The van der Waals surface area contributed by atoms with Gasteiger partial charge in [-0.15, -0.1) is 0 Å². The largest absolute Gasteiger partial charge is 0.463 e. The Morgan fingerprint density at radius 2 is 1.70 bits per heavy atom. The first-order valence-electron chi connectivity index (χ1n) is 14.0. The Morgan fingerprint density at radius 1 is 0.975 bits per heavy atom. The van der Waals surface area contributed by atoms with E-state index in [2.05, 4.69) is 13.8 Å². The summed E-state index contributed by atoms with van der Waals surface area (Å²) in [5.74, 6) is -2.98. The minimum absolute atomic E-state index is 0.000405. The highest BCUT2D eigenvalue weighted by atomic mass is 16.7. The number of ether oxygens (including phenoxy) is 7. The van der Waals surface area contributed by atoms with Gasteiger partial charge in [0, 0.05) is 36.8 Å². The molecule has 0 amide bonds. The lowest BCUT2D eigenvalue weighted by molar-refractivity contribution is -0.253. The monoisotopic (exact) mass is 560 g/mol. The van der Waals surface area contributed by atoms with Crippen LogP contribution in [0.25, 0.3) is 0 Å². The van der Waals surface area contributed by atoms with E-state index in [9.17, 15) is 19.2 Å². The highest BCUT2D eigenvalue weighted by Crippen LogP contribution is 2.75. The van der Waals surface area contributed by atoms with Gasteiger partial charge in [0.25, 0.3) is 0 Å². The summed E-state index contributed by atoms with van der Waals surface area (Å²) in [4.78, 5) is 50.4. The first kappa shape index (κ1) is 27.4. The standard InChI is InChI=1S/C29H36O11/c1-16-9-12-34-20(31)7-5-6-8-21(32)38-18-13-19-29(15-36-29)27(18,4)28(14-35-25(33)22(16)37-17(2)30)11-10-26(3)23(40-26)24(28)39-19/h5-8,16,18-19,22-24H,9-15H2,1-4H3/b7-5?,8-6+. The molecule has 0 radical (unpaired) electrons. The number of hydrogen-bond acceptors (Lipinski definition) is 11. The molecule has 2 aliphatic carbocycles. The number of cyclic esters (lactones) is 2. The average molecular weight is 561 g/mol. The molecule has 5 fully saturated rings. The lowest BCUT2D eigenvalue weighted by atomic mass is 9.50. The molecular weight excluding hydrogens is 524 g/mol. The predicted octanol–water partition coefficient (Wildman–Crippen LogP) is 1.95. The summed E-state index contributed by atoms with van der Waals surface area (Å²) < 4.78 is 41.7. The maximum Gasteiger partial charge on any atom is 0.347 e. The topological polar surface area (TPSA) is 139 Å². The van der Waals surface area contributed by atoms with Crippen molar-refractivity contribution in [3.63, 3.8) is 0 Å². The lowest BCUT2D eigenvalue weighted by Gasteiger charge is -2.58. The number of fused-ring (bicyclic) bond motifs is 2. The van der Waals surface area contributed by atoms with Gasteiger partial charge in [0.1, 0.15) is 24.4 Å². The maximum atomic E-state index is 13.5. The number of carbonyl (C=O) groups excluding carboxylic acids is 4. The third kappa shape index (κ3) is 4.03. The van der Waals surface area contributed by atoms with Gasteiger partial charge in [-0.2, -0.15) is 0 Å². The van der Waals surface area contributed by atoms with Crippen molar-refractivity contribution in [1.82, 2.24) is 0 Å². The van der Waals surface area contributed by atoms with Crippen LogP contribution in [0, 0.1) is 16.7 Å². The van der Waals surface area contributed by atoms with Gasteiger partial charge in [-0.05, 0) is 26.2 Å². The number of rotatable bonds is 1. The highest BCUT2D eigenvalue weighted by Gasteiger charge is 2.86. The number of carbonyl (C=O) groups is 4. The normalized spacial score (nSPS) is 48.9. The summed E-state index contributed by atoms with van der Waals surface area (Å²) in [7, 11) is 0. The van der Waals surface area contributed by atoms with Crippen LogP contribution in [0.2, 0.25) is 0 Å². The molecule has 2 bridgehead atoms.